The zero-order valence-electron chi connectivity index (χ0n) is 12.2. The Hall–Kier alpha value is -2.24. The number of amides is 1. The summed E-state index contributed by atoms with van der Waals surface area (Å²) in [5.41, 5.74) is 0.0762. The van der Waals surface area contributed by atoms with E-state index in [4.69, 9.17) is 9.47 Å². The van der Waals surface area contributed by atoms with Gasteiger partial charge in [0.25, 0.3) is 0 Å². The van der Waals surface area contributed by atoms with E-state index in [0.29, 0.717) is 5.56 Å². The monoisotopic (exact) mass is 281 g/mol. The number of carbonyl (C=O) groups excluding carboxylic acids is 1. The number of ether oxygens (including phenoxy) is 2. The summed E-state index contributed by atoms with van der Waals surface area (Å²) in [6.45, 7) is 6.90. The van der Waals surface area contributed by atoms with E-state index in [1.807, 2.05) is 0 Å². The van der Waals surface area contributed by atoms with Crippen LogP contribution in [0, 0.1) is 6.92 Å². The number of methoxy groups -OCH3 is 1. The van der Waals surface area contributed by atoms with Crippen LogP contribution in [0.3, 0.4) is 0 Å². The second-order valence-corrected chi connectivity index (χ2v) is 5.32. The fourth-order valence-electron chi connectivity index (χ4n) is 1.62. The molecular weight excluding hydrogens is 262 g/mol. The summed E-state index contributed by atoms with van der Waals surface area (Å²) in [7, 11) is 1.40. The van der Waals surface area contributed by atoms with Gasteiger partial charge in [0.05, 0.1) is 12.7 Å². The summed E-state index contributed by atoms with van der Waals surface area (Å²) in [5, 5.41) is 11.6. The summed E-state index contributed by atoms with van der Waals surface area (Å²) in [4.78, 5) is 23.0. The number of carbonyl (C=O) groups is 2. The molecular formula is C14H19NO5. The van der Waals surface area contributed by atoms with Crippen molar-refractivity contribution in [3.63, 3.8) is 0 Å². The van der Waals surface area contributed by atoms with Crippen molar-refractivity contribution in [3.05, 3.63) is 23.3 Å². The van der Waals surface area contributed by atoms with Crippen LogP contribution >= 0.6 is 0 Å². The minimum atomic E-state index is -1.15. The molecule has 0 saturated heterocycles. The molecule has 0 atom stereocenters. The average Bonchev–Trinajstić information content (AvgIpc) is 2.27. The van der Waals surface area contributed by atoms with Crippen molar-refractivity contribution in [3.8, 4) is 5.75 Å². The van der Waals surface area contributed by atoms with Gasteiger partial charge in [-0.15, -0.1) is 0 Å². The quantitative estimate of drug-likeness (QED) is 0.889. The van der Waals surface area contributed by atoms with Gasteiger partial charge in [-0.25, -0.2) is 9.59 Å². The van der Waals surface area contributed by atoms with Crippen molar-refractivity contribution in [2.75, 3.05) is 12.4 Å². The Morgan fingerprint density at radius 1 is 1.25 bits per heavy atom. The number of rotatable bonds is 3. The Balaban J connectivity index is 3.16. The van der Waals surface area contributed by atoms with Crippen LogP contribution in [0.15, 0.2) is 12.1 Å². The van der Waals surface area contributed by atoms with Crippen molar-refractivity contribution < 1.29 is 24.2 Å². The van der Waals surface area contributed by atoms with Crippen molar-refractivity contribution in [1.29, 1.82) is 0 Å². The van der Waals surface area contributed by atoms with Gasteiger partial charge in [-0.05, 0) is 45.4 Å². The minimum Gasteiger partial charge on any atom is -0.495 e. The first kappa shape index (κ1) is 15.8. The zero-order valence-corrected chi connectivity index (χ0v) is 12.2. The molecule has 110 valence electrons. The number of carboxylic acids is 1. The van der Waals surface area contributed by atoms with E-state index in [-0.39, 0.29) is 17.0 Å². The van der Waals surface area contributed by atoms with Crippen molar-refractivity contribution in [2.45, 2.75) is 33.3 Å². The minimum absolute atomic E-state index is 0.0484. The van der Waals surface area contributed by atoms with E-state index in [9.17, 15) is 14.7 Å². The topological polar surface area (TPSA) is 84.9 Å². The molecule has 0 bridgehead atoms. The molecule has 1 rings (SSSR count). The molecule has 0 heterocycles. The largest absolute Gasteiger partial charge is 0.495 e. The molecule has 0 aliphatic heterocycles. The van der Waals surface area contributed by atoms with Gasteiger partial charge >= 0.3 is 12.1 Å². The predicted molar refractivity (Wildman–Crippen MR) is 74.5 cm³/mol. The van der Waals surface area contributed by atoms with Crippen molar-refractivity contribution in [2.24, 2.45) is 0 Å². The maximum Gasteiger partial charge on any atom is 0.412 e. The predicted octanol–water partition coefficient (Wildman–Crippen LogP) is 3.05. The van der Waals surface area contributed by atoms with Crippen LogP contribution < -0.4 is 10.1 Å². The first-order valence-corrected chi connectivity index (χ1v) is 6.06. The lowest BCUT2D eigenvalue weighted by atomic mass is 10.1. The van der Waals surface area contributed by atoms with Crippen LogP contribution in [-0.2, 0) is 4.74 Å². The number of anilines is 1. The number of aryl methyl sites for hydroxylation is 1. The van der Waals surface area contributed by atoms with Crippen LogP contribution in [0.5, 0.6) is 5.75 Å². The van der Waals surface area contributed by atoms with Crippen molar-refractivity contribution >= 4 is 17.7 Å². The highest BCUT2D eigenvalue weighted by molar-refractivity contribution is 6.01. The SMILES string of the molecule is COc1cc(C)cc(C(=O)O)c1NC(=O)OC(C)(C)C. The highest BCUT2D eigenvalue weighted by Crippen LogP contribution is 2.30. The first-order valence-electron chi connectivity index (χ1n) is 6.06. The zero-order chi connectivity index (χ0) is 15.5. The summed E-state index contributed by atoms with van der Waals surface area (Å²) >= 11 is 0. The van der Waals surface area contributed by atoms with Gasteiger partial charge in [-0.1, -0.05) is 0 Å². The van der Waals surface area contributed by atoms with Gasteiger partial charge in [0.15, 0.2) is 0 Å². The molecule has 0 fully saturated rings. The fraction of sp³-hybridized carbons (Fsp3) is 0.429. The van der Waals surface area contributed by atoms with Crippen LogP contribution in [0.25, 0.3) is 0 Å². The highest BCUT2D eigenvalue weighted by Gasteiger charge is 2.22. The van der Waals surface area contributed by atoms with Gasteiger partial charge in [0.2, 0.25) is 0 Å². The maximum absolute atomic E-state index is 11.8. The number of hydrogen-bond donors (Lipinski definition) is 2. The van der Waals surface area contributed by atoms with Crippen LogP contribution in [0.1, 0.15) is 36.7 Å². The molecule has 0 unspecified atom stereocenters. The second kappa shape index (κ2) is 5.81. The molecule has 20 heavy (non-hydrogen) atoms. The maximum atomic E-state index is 11.8. The van der Waals surface area contributed by atoms with Crippen molar-refractivity contribution in [1.82, 2.24) is 0 Å². The first-order chi connectivity index (χ1) is 9.14. The van der Waals surface area contributed by atoms with E-state index in [2.05, 4.69) is 5.32 Å². The summed E-state index contributed by atoms with van der Waals surface area (Å²) < 4.78 is 10.2. The highest BCUT2D eigenvalue weighted by atomic mass is 16.6. The van der Waals surface area contributed by atoms with Crippen LogP contribution in [0.2, 0.25) is 0 Å². The van der Waals surface area contributed by atoms with E-state index in [1.165, 1.54) is 13.2 Å². The molecule has 1 aromatic rings. The van der Waals surface area contributed by atoms with E-state index in [0.717, 1.165) is 0 Å². The second-order valence-electron chi connectivity index (χ2n) is 5.32. The molecule has 2 N–H and O–H groups in total. The molecule has 0 aliphatic rings. The van der Waals surface area contributed by atoms with Gasteiger partial charge < -0.3 is 14.6 Å². The molecule has 0 aliphatic carbocycles. The summed E-state index contributed by atoms with van der Waals surface area (Å²) in [5.74, 6) is -0.883. The van der Waals surface area contributed by atoms with Gasteiger partial charge in [-0.2, -0.15) is 0 Å². The van der Waals surface area contributed by atoms with Crippen LogP contribution in [-0.4, -0.2) is 29.9 Å². The molecule has 6 nitrogen and oxygen atoms in total. The normalized spacial score (nSPS) is 10.8. The lowest BCUT2D eigenvalue weighted by Crippen LogP contribution is -2.28. The molecule has 6 heteroatoms. The number of carboxylic acid groups (broad SMARTS) is 1. The van der Waals surface area contributed by atoms with Gasteiger partial charge in [0.1, 0.15) is 17.0 Å². The van der Waals surface area contributed by atoms with E-state index < -0.39 is 17.7 Å². The Morgan fingerprint density at radius 3 is 2.30 bits per heavy atom. The van der Waals surface area contributed by atoms with Crippen LogP contribution in [0.4, 0.5) is 10.5 Å². The van der Waals surface area contributed by atoms with E-state index >= 15 is 0 Å². The lowest BCUT2D eigenvalue weighted by Gasteiger charge is -2.21. The third-order valence-corrected chi connectivity index (χ3v) is 2.32. The molecule has 1 aromatic carbocycles. The number of hydrogen-bond acceptors (Lipinski definition) is 4. The number of aromatic carboxylic acids is 1. The number of benzene rings is 1. The molecule has 0 saturated carbocycles. The molecule has 0 aromatic heterocycles. The lowest BCUT2D eigenvalue weighted by molar-refractivity contribution is 0.0635. The Kier molecular flexibility index (Phi) is 4.60. The molecule has 0 spiro atoms. The Bertz CT molecular complexity index is 531. The molecule has 0 radical (unpaired) electrons. The smallest absolute Gasteiger partial charge is 0.412 e. The van der Waals surface area contributed by atoms with E-state index in [1.54, 1.807) is 33.8 Å². The third kappa shape index (κ3) is 4.15. The standard InChI is InChI=1S/C14H19NO5/c1-8-6-9(12(16)17)11(10(7-8)19-5)15-13(18)20-14(2,3)4/h6-7H,1-5H3,(H,15,18)(H,16,17). The molecule has 1 amide bonds. The number of nitrogens with one attached hydrogen (secondary N) is 1. The van der Waals surface area contributed by atoms with Gasteiger partial charge in [0, 0.05) is 0 Å². The third-order valence-electron chi connectivity index (χ3n) is 2.32. The Labute approximate surface area is 117 Å². The summed E-state index contributed by atoms with van der Waals surface area (Å²) in [6, 6.07) is 3.09. The summed E-state index contributed by atoms with van der Waals surface area (Å²) in [6.07, 6.45) is -0.734. The Morgan fingerprint density at radius 2 is 1.85 bits per heavy atom. The van der Waals surface area contributed by atoms with Gasteiger partial charge in [-0.3, -0.25) is 5.32 Å². The average molecular weight is 281 g/mol. The fourth-order valence-corrected chi connectivity index (χ4v) is 1.62.